The van der Waals surface area contributed by atoms with Crippen LogP contribution in [0.2, 0.25) is 0 Å². The highest BCUT2D eigenvalue weighted by Crippen LogP contribution is 2.24. The summed E-state index contributed by atoms with van der Waals surface area (Å²) in [6, 6.07) is 18.5. The van der Waals surface area contributed by atoms with E-state index in [1.54, 1.807) is 4.90 Å². The molecule has 1 aliphatic rings. The summed E-state index contributed by atoms with van der Waals surface area (Å²) in [4.78, 5) is 30.0. The van der Waals surface area contributed by atoms with Crippen LogP contribution in [0.4, 0.5) is 0 Å². The van der Waals surface area contributed by atoms with Gasteiger partial charge >= 0.3 is 0 Å². The number of carbonyl (C=O) groups is 2. The third-order valence-electron chi connectivity index (χ3n) is 6.38. The van der Waals surface area contributed by atoms with Gasteiger partial charge in [-0.25, -0.2) is 0 Å². The molecule has 3 unspecified atom stereocenters. The second-order valence-corrected chi connectivity index (χ2v) is 8.90. The number of aromatic amines is 1. The normalized spacial score (nSPS) is 18.8. The van der Waals surface area contributed by atoms with Crippen molar-refractivity contribution in [3.63, 3.8) is 0 Å². The van der Waals surface area contributed by atoms with Gasteiger partial charge in [0.05, 0.1) is 0 Å². The van der Waals surface area contributed by atoms with Crippen molar-refractivity contribution >= 4 is 22.7 Å². The Labute approximate surface area is 194 Å². The molecule has 4 rings (SSSR count). The van der Waals surface area contributed by atoms with Crippen molar-refractivity contribution in [3.05, 3.63) is 71.9 Å². The molecule has 3 atom stereocenters. The molecule has 0 aliphatic carbocycles. The van der Waals surface area contributed by atoms with Gasteiger partial charge in [-0.3, -0.25) is 20.4 Å². The van der Waals surface area contributed by atoms with Gasteiger partial charge in [0, 0.05) is 56.1 Å². The van der Waals surface area contributed by atoms with E-state index in [1.807, 2.05) is 43.6 Å². The molecule has 0 bridgehead atoms. The Morgan fingerprint density at radius 1 is 1.09 bits per heavy atom. The molecular formula is C26H33N5O2. The summed E-state index contributed by atoms with van der Waals surface area (Å²) in [6.45, 7) is 2.11. The summed E-state index contributed by atoms with van der Waals surface area (Å²) in [5, 5.41) is 3.93. The molecular weight excluding hydrogens is 414 g/mol. The number of rotatable bonds is 9. The van der Waals surface area contributed by atoms with E-state index in [2.05, 4.69) is 45.4 Å². The van der Waals surface area contributed by atoms with Crippen molar-refractivity contribution in [1.29, 1.82) is 0 Å². The zero-order chi connectivity index (χ0) is 23.2. The maximum absolute atomic E-state index is 13.2. The van der Waals surface area contributed by atoms with Crippen LogP contribution in [0, 0.1) is 0 Å². The van der Waals surface area contributed by atoms with Crippen molar-refractivity contribution in [2.75, 3.05) is 13.6 Å². The van der Waals surface area contributed by atoms with E-state index in [9.17, 15) is 9.59 Å². The first-order chi connectivity index (χ1) is 16.0. The minimum Gasteiger partial charge on any atom is -0.361 e. The molecule has 7 nitrogen and oxygen atoms in total. The lowest BCUT2D eigenvalue weighted by atomic mass is 9.99. The van der Waals surface area contributed by atoms with Gasteiger partial charge < -0.3 is 15.2 Å². The quantitative estimate of drug-likeness (QED) is 0.406. The molecule has 2 heterocycles. The van der Waals surface area contributed by atoms with E-state index in [1.165, 1.54) is 12.5 Å². The molecule has 0 saturated carbocycles. The Morgan fingerprint density at radius 2 is 1.85 bits per heavy atom. The van der Waals surface area contributed by atoms with Gasteiger partial charge in [-0.2, -0.15) is 0 Å². The van der Waals surface area contributed by atoms with Crippen LogP contribution in [0.25, 0.3) is 10.9 Å². The monoisotopic (exact) mass is 447 g/mol. The third kappa shape index (κ3) is 5.80. The molecule has 2 aromatic carbocycles. The number of likely N-dealkylation sites (N-methyl/N-ethyl adjacent to an activating group) is 1. The van der Waals surface area contributed by atoms with Gasteiger partial charge in [0.15, 0.2) is 0 Å². The highest BCUT2D eigenvalue weighted by Gasteiger charge is 2.26. The minimum atomic E-state index is -0.583. The molecule has 0 radical (unpaired) electrons. The predicted molar refractivity (Wildman–Crippen MR) is 130 cm³/mol. The number of para-hydroxylation sites is 1. The van der Waals surface area contributed by atoms with E-state index < -0.39 is 6.04 Å². The van der Waals surface area contributed by atoms with Gasteiger partial charge in [0.25, 0.3) is 0 Å². The molecule has 0 spiro atoms. The second kappa shape index (κ2) is 10.6. The fourth-order valence-corrected chi connectivity index (χ4v) is 4.63. The number of hydrogen-bond acceptors (Lipinski definition) is 4. The summed E-state index contributed by atoms with van der Waals surface area (Å²) in [5.41, 5.74) is 10.1. The highest BCUT2D eigenvalue weighted by molar-refractivity contribution is 5.89. The van der Waals surface area contributed by atoms with Gasteiger partial charge in [0.2, 0.25) is 11.8 Å². The molecule has 7 heteroatoms. The van der Waals surface area contributed by atoms with Crippen molar-refractivity contribution in [2.45, 2.75) is 50.7 Å². The zero-order valence-corrected chi connectivity index (χ0v) is 19.3. The summed E-state index contributed by atoms with van der Waals surface area (Å²) in [7, 11) is 1.82. The van der Waals surface area contributed by atoms with Crippen molar-refractivity contribution < 1.29 is 9.59 Å². The summed E-state index contributed by atoms with van der Waals surface area (Å²) >= 11 is 0. The fourth-order valence-electron chi connectivity index (χ4n) is 4.63. The summed E-state index contributed by atoms with van der Waals surface area (Å²) in [6.07, 6.45) is 5.27. The van der Waals surface area contributed by atoms with Crippen LogP contribution < -0.4 is 16.2 Å². The SMILES string of the molecule is CC(=O)NC(Cc1c[nH]c2ccccc12)C(=O)N(C)CCCC1CC(c2ccccc2)NN1. The topological polar surface area (TPSA) is 89.3 Å². The maximum atomic E-state index is 13.2. The number of fused-ring (bicyclic) bond motifs is 1. The Hall–Kier alpha value is -3.16. The first kappa shape index (κ1) is 23.0. The number of nitrogens with zero attached hydrogens (tertiary/aromatic N) is 1. The Balaban J connectivity index is 1.30. The van der Waals surface area contributed by atoms with Crippen LogP contribution in [0.1, 0.15) is 43.4 Å². The maximum Gasteiger partial charge on any atom is 0.245 e. The fraction of sp³-hybridized carbons (Fsp3) is 0.385. The molecule has 2 amide bonds. The Bertz CT molecular complexity index is 1080. The average molecular weight is 448 g/mol. The van der Waals surface area contributed by atoms with Crippen LogP contribution in [-0.2, 0) is 16.0 Å². The van der Waals surface area contributed by atoms with Gasteiger partial charge in [-0.15, -0.1) is 0 Å². The lowest BCUT2D eigenvalue weighted by Crippen LogP contribution is -2.48. The third-order valence-corrected chi connectivity index (χ3v) is 6.38. The van der Waals surface area contributed by atoms with Crippen LogP contribution in [0.3, 0.4) is 0 Å². The second-order valence-electron chi connectivity index (χ2n) is 8.90. The van der Waals surface area contributed by atoms with Crippen molar-refractivity contribution in [2.24, 2.45) is 0 Å². The number of amides is 2. The Morgan fingerprint density at radius 3 is 2.64 bits per heavy atom. The molecule has 3 aromatic rings. The van der Waals surface area contributed by atoms with Crippen LogP contribution in [0.15, 0.2) is 60.8 Å². The number of H-pyrrole nitrogens is 1. The van der Waals surface area contributed by atoms with Crippen molar-refractivity contribution in [1.82, 2.24) is 26.1 Å². The lowest BCUT2D eigenvalue weighted by Gasteiger charge is -2.24. The molecule has 1 aromatic heterocycles. The highest BCUT2D eigenvalue weighted by atomic mass is 16.2. The number of aromatic nitrogens is 1. The van der Waals surface area contributed by atoms with E-state index >= 15 is 0 Å². The molecule has 1 fully saturated rings. The lowest BCUT2D eigenvalue weighted by molar-refractivity contribution is -0.135. The van der Waals surface area contributed by atoms with Crippen LogP contribution >= 0.6 is 0 Å². The first-order valence-corrected chi connectivity index (χ1v) is 11.6. The smallest absolute Gasteiger partial charge is 0.245 e. The van der Waals surface area contributed by atoms with Crippen LogP contribution in [-0.4, -0.2) is 47.4 Å². The predicted octanol–water partition coefficient (Wildman–Crippen LogP) is 3.06. The number of hydrogen-bond donors (Lipinski definition) is 4. The van der Waals surface area contributed by atoms with Gasteiger partial charge in [0.1, 0.15) is 6.04 Å². The van der Waals surface area contributed by atoms with E-state index in [0.717, 1.165) is 35.7 Å². The van der Waals surface area contributed by atoms with E-state index in [-0.39, 0.29) is 11.8 Å². The molecule has 174 valence electrons. The average Bonchev–Trinajstić information content (AvgIpc) is 3.46. The Kier molecular flexibility index (Phi) is 7.42. The molecule has 4 N–H and O–H groups in total. The minimum absolute atomic E-state index is 0.0600. The number of benzene rings is 2. The standard InChI is InChI=1S/C26H33N5O2/c1-18(32)28-25(15-20-17-27-23-13-7-6-12-22(20)23)26(33)31(2)14-8-11-21-16-24(30-29-21)19-9-4-3-5-10-19/h3-7,9-10,12-13,17,21,24-25,27,29-30H,8,11,14-16H2,1-2H3,(H,28,32). The largest absolute Gasteiger partial charge is 0.361 e. The zero-order valence-electron chi connectivity index (χ0n) is 19.3. The summed E-state index contributed by atoms with van der Waals surface area (Å²) in [5.74, 6) is -0.259. The summed E-state index contributed by atoms with van der Waals surface area (Å²) < 4.78 is 0. The number of hydrazine groups is 1. The first-order valence-electron chi connectivity index (χ1n) is 11.6. The van der Waals surface area contributed by atoms with E-state index in [4.69, 9.17) is 0 Å². The van der Waals surface area contributed by atoms with Crippen molar-refractivity contribution in [3.8, 4) is 0 Å². The number of carbonyl (C=O) groups excluding carboxylic acids is 2. The van der Waals surface area contributed by atoms with Crippen LogP contribution in [0.5, 0.6) is 0 Å². The van der Waals surface area contributed by atoms with Gasteiger partial charge in [-0.1, -0.05) is 48.5 Å². The molecule has 1 aliphatic heterocycles. The molecule has 1 saturated heterocycles. The van der Waals surface area contributed by atoms with Gasteiger partial charge in [-0.05, 0) is 36.5 Å². The number of nitrogens with one attached hydrogen (secondary N) is 4. The molecule has 33 heavy (non-hydrogen) atoms. The van der Waals surface area contributed by atoms with E-state index in [0.29, 0.717) is 25.0 Å².